The van der Waals surface area contributed by atoms with Gasteiger partial charge >= 0.3 is 0 Å². The van der Waals surface area contributed by atoms with Gasteiger partial charge in [0.1, 0.15) is 0 Å². The molecule has 0 bridgehead atoms. The van der Waals surface area contributed by atoms with Crippen molar-refractivity contribution in [1.82, 2.24) is 0 Å². The van der Waals surface area contributed by atoms with Crippen LogP contribution in [0.25, 0.3) is 0 Å². The van der Waals surface area contributed by atoms with Gasteiger partial charge in [-0.15, -0.1) is 0 Å². The van der Waals surface area contributed by atoms with Gasteiger partial charge in [0, 0.05) is 6.04 Å². The molecule has 3 N–H and O–H groups in total. The molecule has 2 heteroatoms. The fourth-order valence-electron chi connectivity index (χ4n) is 1.38. The summed E-state index contributed by atoms with van der Waals surface area (Å²) in [4.78, 5) is 0. The van der Waals surface area contributed by atoms with E-state index in [9.17, 15) is 5.11 Å². The molecule has 0 saturated heterocycles. The zero-order chi connectivity index (χ0) is 10.1. The Bertz CT molecular complexity index is 106. The van der Waals surface area contributed by atoms with Crippen LogP contribution in [0.4, 0.5) is 0 Å². The van der Waals surface area contributed by atoms with Crippen LogP contribution in [0.1, 0.15) is 58.8 Å². The molecule has 2 atom stereocenters. The standard InChI is InChI=1S/C11H25NO/c1-3-5-6-7-11(13)9-8-10(12)4-2/h10-11,13H,3-9,12H2,1-2H3. The van der Waals surface area contributed by atoms with Crippen LogP contribution >= 0.6 is 0 Å². The fourth-order valence-corrected chi connectivity index (χ4v) is 1.38. The minimum absolute atomic E-state index is 0.121. The van der Waals surface area contributed by atoms with Gasteiger partial charge in [0.25, 0.3) is 0 Å². The average Bonchev–Trinajstić information content (AvgIpc) is 2.14. The third kappa shape index (κ3) is 8.26. The molecule has 0 aliphatic carbocycles. The van der Waals surface area contributed by atoms with Crippen LogP contribution < -0.4 is 5.73 Å². The quantitative estimate of drug-likeness (QED) is 0.573. The van der Waals surface area contributed by atoms with E-state index in [-0.39, 0.29) is 12.1 Å². The van der Waals surface area contributed by atoms with Crippen molar-refractivity contribution in [3.8, 4) is 0 Å². The predicted octanol–water partition coefficient (Wildman–Crippen LogP) is 2.45. The smallest absolute Gasteiger partial charge is 0.0540 e. The van der Waals surface area contributed by atoms with Crippen molar-refractivity contribution in [2.75, 3.05) is 0 Å². The molecule has 0 amide bonds. The molecule has 0 aromatic heterocycles. The zero-order valence-electron chi connectivity index (χ0n) is 9.13. The maximum atomic E-state index is 9.56. The summed E-state index contributed by atoms with van der Waals surface area (Å²) in [5.41, 5.74) is 5.76. The van der Waals surface area contributed by atoms with E-state index in [2.05, 4.69) is 13.8 Å². The predicted molar refractivity (Wildman–Crippen MR) is 57.6 cm³/mol. The number of nitrogens with two attached hydrogens (primary N) is 1. The van der Waals surface area contributed by atoms with E-state index >= 15 is 0 Å². The van der Waals surface area contributed by atoms with E-state index in [0.717, 1.165) is 32.1 Å². The molecular weight excluding hydrogens is 162 g/mol. The lowest BCUT2D eigenvalue weighted by Gasteiger charge is -2.13. The topological polar surface area (TPSA) is 46.2 Å². The molecule has 0 saturated carbocycles. The Morgan fingerprint density at radius 2 is 1.77 bits per heavy atom. The summed E-state index contributed by atoms with van der Waals surface area (Å²) in [6.45, 7) is 4.27. The van der Waals surface area contributed by atoms with Gasteiger partial charge in [0.15, 0.2) is 0 Å². The van der Waals surface area contributed by atoms with E-state index in [1.165, 1.54) is 12.8 Å². The van der Waals surface area contributed by atoms with Gasteiger partial charge in [-0.25, -0.2) is 0 Å². The van der Waals surface area contributed by atoms with Gasteiger partial charge in [-0.05, 0) is 25.7 Å². The van der Waals surface area contributed by atoms with Crippen LogP contribution in [0.3, 0.4) is 0 Å². The van der Waals surface area contributed by atoms with Gasteiger partial charge in [0.2, 0.25) is 0 Å². The molecule has 0 rings (SSSR count). The monoisotopic (exact) mass is 187 g/mol. The van der Waals surface area contributed by atoms with Crippen LogP contribution in [0.2, 0.25) is 0 Å². The molecule has 0 radical (unpaired) electrons. The van der Waals surface area contributed by atoms with Crippen LogP contribution in [0.5, 0.6) is 0 Å². The van der Waals surface area contributed by atoms with Gasteiger partial charge in [-0.1, -0.05) is 33.1 Å². The highest BCUT2D eigenvalue weighted by Crippen LogP contribution is 2.09. The second-order valence-corrected chi connectivity index (χ2v) is 3.90. The van der Waals surface area contributed by atoms with Crippen LogP contribution in [0.15, 0.2) is 0 Å². The lowest BCUT2D eigenvalue weighted by molar-refractivity contribution is 0.145. The molecule has 80 valence electrons. The first-order chi connectivity index (χ1) is 6.20. The molecule has 13 heavy (non-hydrogen) atoms. The third-order valence-electron chi connectivity index (χ3n) is 2.54. The van der Waals surface area contributed by atoms with Crippen molar-refractivity contribution in [2.24, 2.45) is 5.73 Å². The Balaban J connectivity index is 3.24. The number of aliphatic hydroxyl groups is 1. The molecule has 0 heterocycles. The number of hydrogen-bond acceptors (Lipinski definition) is 2. The summed E-state index contributed by atoms with van der Waals surface area (Å²) < 4.78 is 0. The Morgan fingerprint density at radius 1 is 1.08 bits per heavy atom. The van der Waals surface area contributed by atoms with Crippen LogP contribution in [0, 0.1) is 0 Å². The maximum absolute atomic E-state index is 9.56. The summed E-state index contributed by atoms with van der Waals surface area (Å²) in [5, 5.41) is 9.56. The number of rotatable bonds is 8. The Hall–Kier alpha value is -0.0800. The minimum atomic E-state index is -0.121. The fraction of sp³-hybridized carbons (Fsp3) is 1.00. The third-order valence-corrected chi connectivity index (χ3v) is 2.54. The molecule has 0 aliphatic rings. The lowest BCUT2D eigenvalue weighted by Crippen LogP contribution is -2.21. The van der Waals surface area contributed by atoms with Gasteiger partial charge in [0.05, 0.1) is 6.10 Å². The van der Waals surface area contributed by atoms with Crippen molar-refractivity contribution < 1.29 is 5.11 Å². The summed E-state index contributed by atoms with van der Waals surface area (Å²) in [6.07, 6.45) is 7.29. The number of aliphatic hydroxyl groups excluding tert-OH is 1. The van der Waals surface area contributed by atoms with Crippen LogP contribution in [-0.2, 0) is 0 Å². The van der Waals surface area contributed by atoms with Crippen LogP contribution in [-0.4, -0.2) is 17.3 Å². The highest BCUT2D eigenvalue weighted by atomic mass is 16.3. The summed E-state index contributed by atoms with van der Waals surface area (Å²) >= 11 is 0. The molecule has 0 spiro atoms. The molecule has 0 aromatic carbocycles. The van der Waals surface area contributed by atoms with Crippen molar-refractivity contribution in [1.29, 1.82) is 0 Å². The van der Waals surface area contributed by atoms with Crippen molar-refractivity contribution in [3.05, 3.63) is 0 Å². The minimum Gasteiger partial charge on any atom is -0.393 e. The highest BCUT2D eigenvalue weighted by Gasteiger charge is 2.06. The molecule has 2 nitrogen and oxygen atoms in total. The van der Waals surface area contributed by atoms with Gasteiger partial charge in [-0.2, -0.15) is 0 Å². The average molecular weight is 187 g/mol. The number of unbranched alkanes of at least 4 members (excludes halogenated alkanes) is 2. The highest BCUT2D eigenvalue weighted by molar-refractivity contribution is 4.63. The Morgan fingerprint density at radius 3 is 2.31 bits per heavy atom. The van der Waals surface area contributed by atoms with E-state index in [1.54, 1.807) is 0 Å². The van der Waals surface area contributed by atoms with E-state index in [4.69, 9.17) is 5.73 Å². The van der Waals surface area contributed by atoms with Gasteiger partial charge < -0.3 is 10.8 Å². The summed E-state index contributed by atoms with van der Waals surface area (Å²) in [5.74, 6) is 0. The second-order valence-electron chi connectivity index (χ2n) is 3.90. The van der Waals surface area contributed by atoms with Crippen molar-refractivity contribution in [2.45, 2.75) is 70.9 Å². The first-order valence-corrected chi connectivity index (χ1v) is 5.64. The lowest BCUT2D eigenvalue weighted by atomic mass is 10.0. The SMILES string of the molecule is CCCCCC(O)CCC(N)CC. The second kappa shape index (κ2) is 8.52. The molecule has 2 unspecified atom stereocenters. The normalized spacial score (nSPS) is 15.7. The Kier molecular flexibility index (Phi) is 8.46. The van der Waals surface area contributed by atoms with E-state index in [0.29, 0.717) is 0 Å². The largest absolute Gasteiger partial charge is 0.393 e. The number of hydrogen-bond donors (Lipinski definition) is 2. The molecule has 0 aromatic rings. The molecule has 0 aliphatic heterocycles. The van der Waals surface area contributed by atoms with Crippen molar-refractivity contribution in [3.63, 3.8) is 0 Å². The molecular formula is C11H25NO. The zero-order valence-corrected chi connectivity index (χ0v) is 9.13. The first kappa shape index (κ1) is 12.9. The first-order valence-electron chi connectivity index (χ1n) is 5.64. The maximum Gasteiger partial charge on any atom is 0.0540 e. The Labute approximate surface area is 82.5 Å². The molecule has 0 fully saturated rings. The van der Waals surface area contributed by atoms with E-state index < -0.39 is 0 Å². The summed E-state index contributed by atoms with van der Waals surface area (Å²) in [7, 11) is 0. The van der Waals surface area contributed by atoms with Crippen molar-refractivity contribution >= 4 is 0 Å². The van der Waals surface area contributed by atoms with Gasteiger partial charge in [-0.3, -0.25) is 0 Å². The van der Waals surface area contributed by atoms with E-state index in [1.807, 2.05) is 0 Å². The summed E-state index contributed by atoms with van der Waals surface area (Å²) in [6, 6.07) is 0.279.